The van der Waals surface area contributed by atoms with Crippen LogP contribution in [0.15, 0.2) is 47.2 Å². The zero-order chi connectivity index (χ0) is 18.5. The number of thiazole rings is 1. The quantitative estimate of drug-likeness (QED) is 0.609. The number of nitrogens with one attached hydrogen (secondary N) is 1. The van der Waals surface area contributed by atoms with Crippen LogP contribution in [0.4, 0.5) is 0 Å². The van der Waals surface area contributed by atoms with Crippen molar-refractivity contribution in [2.75, 3.05) is 7.11 Å². The topological polar surface area (TPSA) is 68.3 Å². The van der Waals surface area contributed by atoms with E-state index < -0.39 is 12.0 Å². The van der Waals surface area contributed by atoms with Gasteiger partial charge in [-0.15, -0.1) is 22.7 Å². The van der Waals surface area contributed by atoms with Crippen molar-refractivity contribution in [1.29, 1.82) is 0 Å². The predicted octanol–water partition coefficient (Wildman–Crippen LogP) is 4.56. The van der Waals surface area contributed by atoms with E-state index in [0.29, 0.717) is 16.3 Å². The van der Waals surface area contributed by atoms with Crippen molar-refractivity contribution < 1.29 is 14.3 Å². The van der Waals surface area contributed by atoms with E-state index in [0.717, 1.165) is 9.88 Å². The van der Waals surface area contributed by atoms with E-state index in [2.05, 4.69) is 10.3 Å². The summed E-state index contributed by atoms with van der Waals surface area (Å²) in [5.41, 5.74) is 0.960. The van der Waals surface area contributed by atoms with Gasteiger partial charge in [0.1, 0.15) is 10.7 Å². The molecule has 1 atom stereocenters. The lowest BCUT2D eigenvalue weighted by atomic mass is 10.0. The Hall–Kier alpha value is -2.22. The average Bonchev–Trinajstić information content (AvgIpc) is 3.32. The number of carbonyl (C=O) groups is 2. The van der Waals surface area contributed by atoms with E-state index >= 15 is 0 Å². The van der Waals surface area contributed by atoms with Gasteiger partial charge in [-0.2, -0.15) is 0 Å². The molecule has 3 aromatic rings. The van der Waals surface area contributed by atoms with Crippen molar-refractivity contribution in [3.05, 3.63) is 63.4 Å². The number of halogens is 1. The summed E-state index contributed by atoms with van der Waals surface area (Å²) in [4.78, 5) is 29.8. The molecule has 134 valence electrons. The van der Waals surface area contributed by atoms with E-state index in [9.17, 15) is 9.59 Å². The van der Waals surface area contributed by atoms with Gasteiger partial charge in [0.05, 0.1) is 24.4 Å². The molecule has 0 saturated heterocycles. The molecule has 8 heteroatoms. The number of nitrogens with zero attached hydrogens (tertiary/aromatic N) is 1. The normalized spacial score (nSPS) is 11.8. The smallest absolute Gasteiger partial charge is 0.307 e. The summed E-state index contributed by atoms with van der Waals surface area (Å²) in [6.45, 7) is 0. The number of esters is 1. The molecule has 0 fully saturated rings. The van der Waals surface area contributed by atoms with Crippen LogP contribution in [0.1, 0.15) is 28.5 Å². The van der Waals surface area contributed by atoms with Gasteiger partial charge in [0, 0.05) is 10.4 Å². The van der Waals surface area contributed by atoms with E-state index in [1.54, 1.807) is 41.0 Å². The fraction of sp³-hybridized carbons (Fsp3) is 0.167. The minimum absolute atomic E-state index is 0.0199. The SMILES string of the molecule is COC(=O)C[C@H](NC(=O)c1csc(-c2cccs2)n1)c1ccccc1Cl. The number of ether oxygens (including phenoxy) is 1. The average molecular weight is 407 g/mol. The van der Waals surface area contributed by atoms with Gasteiger partial charge in [0.15, 0.2) is 0 Å². The second kappa shape index (κ2) is 8.44. The lowest BCUT2D eigenvalue weighted by Gasteiger charge is -2.18. The highest BCUT2D eigenvalue weighted by Gasteiger charge is 2.23. The third-order valence-corrected chi connectivity index (χ3v) is 5.88. The highest BCUT2D eigenvalue weighted by Crippen LogP contribution is 2.29. The molecule has 0 bridgehead atoms. The molecule has 0 aliphatic rings. The molecule has 26 heavy (non-hydrogen) atoms. The Bertz CT molecular complexity index is 909. The van der Waals surface area contributed by atoms with E-state index in [4.69, 9.17) is 16.3 Å². The fourth-order valence-electron chi connectivity index (χ4n) is 2.37. The fourth-order valence-corrected chi connectivity index (χ4v) is 4.25. The Morgan fingerprint density at radius 1 is 1.23 bits per heavy atom. The van der Waals surface area contributed by atoms with Crippen LogP contribution >= 0.6 is 34.3 Å². The summed E-state index contributed by atoms with van der Waals surface area (Å²) in [5, 5.41) is 7.75. The first-order valence-corrected chi connectivity index (χ1v) is 9.83. The summed E-state index contributed by atoms with van der Waals surface area (Å²) < 4.78 is 4.74. The van der Waals surface area contributed by atoms with Crippen LogP contribution in [0.5, 0.6) is 0 Å². The van der Waals surface area contributed by atoms with Crippen LogP contribution in [-0.4, -0.2) is 24.0 Å². The van der Waals surface area contributed by atoms with Crippen molar-refractivity contribution >= 4 is 46.2 Å². The first kappa shape index (κ1) is 18.6. The molecule has 1 N–H and O–H groups in total. The molecular formula is C18H15ClN2O3S2. The van der Waals surface area contributed by atoms with Crippen molar-refractivity contribution in [3.8, 4) is 9.88 Å². The Balaban J connectivity index is 1.81. The van der Waals surface area contributed by atoms with Gasteiger partial charge in [0.2, 0.25) is 0 Å². The Morgan fingerprint density at radius 2 is 2.04 bits per heavy atom. The molecule has 3 rings (SSSR count). The first-order chi connectivity index (χ1) is 12.6. The Labute approximate surface area is 163 Å². The maximum Gasteiger partial charge on any atom is 0.307 e. The number of benzene rings is 1. The number of rotatable bonds is 6. The third kappa shape index (κ3) is 4.30. The largest absolute Gasteiger partial charge is 0.469 e. The van der Waals surface area contributed by atoms with Gasteiger partial charge in [-0.3, -0.25) is 9.59 Å². The minimum atomic E-state index is -0.601. The molecular weight excluding hydrogens is 392 g/mol. The maximum atomic E-state index is 12.6. The van der Waals surface area contributed by atoms with E-state index in [1.807, 2.05) is 17.5 Å². The molecule has 0 saturated carbocycles. The predicted molar refractivity (Wildman–Crippen MR) is 104 cm³/mol. The second-order valence-corrected chi connectivity index (χ2v) is 7.56. The summed E-state index contributed by atoms with van der Waals surface area (Å²) in [6, 6.07) is 10.4. The lowest BCUT2D eigenvalue weighted by molar-refractivity contribution is -0.141. The van der Waals surface area contributed by atoms with Crippen molar-refractivity contribution in [1.82, 2.24) is 10.3 Å². The molecule has 5 nitrogen and oxygen atoms in total. The van der Waals surface area contributed by atoms with Gasteiger partial charge in [-0.05, 0) is 23.1 Å². The first-order valence-electron chi connectivity index (χ1n) is 7.70. The van der Waals surface area contributed by atoms with Crippen LogP contribution in [0, 0.1) is 0 Å². The zero-order valence-corrected chi connectivity index (χ0v) is 16.2. The number of hydrogen-bond acceptors (Lipinski definition) is 6. The summed E-state index contributed by atoms with van der Waals surface area (Å²) in [5.74, 6) is -0.800. The summed E-state index contributed by atoms with van der Waals surface area (Å²) >= 11 is 9.19. The molecule has 2 heterocycles. The number of methoxy groups -OCH3 is 1. The number of carbonyl (C=O) groups excluding carboxylic acids is 2. The standard InChI is InChI=1S/C18H15ClN2O3S2/c1-24-16(22)9-13(11-5-2-3-6-12(11)19)20-17(23)14-10-26-18(21-14)15-7-4-8-25-15/h2-8,10,13H,9H2,1H3,(H,20,23)/t13-/m0/s1. The highest BCUT2D eigenvalue weighted by atomic mass is 35.5. The zero-order valence-electron chi connectivity index (χ0n) is 13.8. The molecule has 2 aromatic heterocycles. The van der Waals surface area contributed by atoms with Gasteiger partial charge < -0.3 is 10.1 Å². The van der Waals surface area contributed by atoms with Crippen LogP contribution < -0.4 is 5.32 Å². The van der Waals surface area contributed by atoms with Crippen LogP contribution in [0.25, 0.3) is 9.88 Å². The molecule has 1 amide bonds. The van der Waals surface area contributed by atoms with Crippen molar-refractivity contribution in [2.24, 2.45) is 0 Å². The van der Waals surface area contributed by atoms with Gasteiger partial charge in [-0.1, -0.05) is 35.9 Å². The van der Waals surface area contributed by atoms with Crippen LogP contribution in [0.3, 0.4) is 0 Å². The molecule has 0 aliphatic heterocycles. The number of aromatic nitrogens is 1. The molecule has 1 aromatic carbocycles. The van der Waals surface area contributed by atoms with Gasteiger partial charge in [-0.25, -0.2) is 4.98 Å². The minimum Gasteiger partial charge on any atom is -0.469 e. The van der Waals surface area contributed by atoms with E-state index in [1.165, 1.54) is 18.4 Å². The van der Waals surface area contributed by atoms with Gasteiger partial charge >= 0.3 is 5.97 Å². The lowest BCUT2D eigenvalue weighted by Crippen LogP contribution is -2.31. The molecule has 0 spiro atoms. The molecule has 0 unspecified atom stereocenters. The summed E-state index contributed by atoms with van der Waals surface area (Å²) in [7, 11) is 1.31. The van der Waals surface area contributed by atoms with Crippen molar-refractivity contribution in [2.45, 2.75) is 12.5 Å². The number of amides is 1. The monoisotopic (exact) mass is 406 g/mol. The summed E-state index contributed by atoms with van der Waals surface area (Å²) in [6.07, 6.45) is -0.0199. The molecule has 0 aliphatic carbocycles. The van der Waals surface area contributed by atoms with Crippen molar-refractivity contribution in [3.63, 3.8) is 0 Å². The number of hydrogen-bond donors (Lipinski definition) is 1. The second-order valence-electron chi connectivity index (χ2n) is 5.34. The Morgan fingerprint density at radius 3 is 2.73 bits per heavy atom. The van der Waals surface area contributed by atoms with Crippen LogP contribution in [-0.2, 0) is 9.53 Å². The third-order valence-electron chi connectivity index (χ3n) is 3.65. The maximum absolute atomic E-state index is 12.6. The van der Waals surface area contributed by atoms with Gasteiger partial charge in [0.25, 0.3) is 5.91 Å². The highest BCUT2D eigenvalue weighted by molar-refractivity contribution is 7.20. The number of thiophene rings is 1. The van der Waals surface area contributed by atoms with Crippen LogP contribution in [0.2, 0.25) is 5.02 Å². The molecule has 0 radical (unpaired) electrons. The van der Waals surface area contributed by atoms with E-state index in [-0.39, 0.29) is 12.3 Å². The Kier molecular flexibility index (Phi) is 6.03.